The highest BCUT2D eigenvalue weighted by molar-refractivity contribution is 6.01. The van der Waals surface area contributed by atoms with Gasteiger partial charge in [-0.05, 0) is 23.8 Å². The molecule has 0 aliphatic heterocycles. The first-order valence-corrected chi connectivity index (χ1v) is 4.97. The lowest BCUT2D eigenvalue weighted by Crippen LogP contribution is -2.24. The molecule has 4 nitrogen and oxygen atoms in total. The summed E-state index contributed by atoms with van der Waals surface area (Å²) in [5, 5.41) is 20.6. The van der Waals surface area contributed by atoms with E-state index in [4.69, 9.17) is 5.26 Å². The van der Waals surface area contributed by atoms with Crippen LogP contribution in [0.25, 0.3) is 6.08 Å². The Bertz CT molecular complexity index is 498. The Morgan fingerprint density at radius 2 is 2.35 bits per heavy atom. The highest BCUT2D eigenvalue weighted by Crippen LogP contribution is 2.13. The van der Waals surface area contributed by atoms with Crippen LogP contribution in [-0.2, 0) is 4.79 Å². The van der Waals surface area contributed by atoms with E-state index in [-0.39, 0.29) is 11.3 Å². The van der Waals surface area contributed by atoms with Gasteiger partial charge in [-0.15, -0.1) is 6.58 Å². The summed E-state index contributed by atoms with van der Waals surface area (Å²) in [7, 11) is 0. The molecule has 0 saturated carbocycles. The van der Waals surface area contributed by atoms with E-state index in [1.807, 2.05) is 6.07 Å². The number of nitrogens with one attached hydrogen (secondary N) is 1. The largest absolute Gasteiger partial charge is 0.508 e. The van der Waals surface area contributed by atoms with E-state index < -0.39 is 5.91 Å². The van der Waals surface area contributed by atoms with Crippen molar-refractivity contribution in [3.63, 3.8) is 0 Å². The first-order valence-electron chi connectivity index (χ1n) is 4.97. The number of nitriles is 1. The Kier molecular flexibility index (Phi) is 4.52. The Morgan fingerprint density at radius 3 is 2.94 bits per heavy atom. The lowest BCUT2D eigenvalue weighted by Gasteiger charge is -2.00. The number of aromatic hydroxyl groups is 1. The van der Waals surface area contributed by atoms with Crippen LogP contribution >= 0.6 is 0 Å². The Labute approximate surface area is 99.5 Å². The fourth-order valence-corrected chi connectivity index (χ4v) is 1.19. The summed E-state index contributed by atoms with van der Waals surface area (Å²) in [5.41, 5.74) is 0.577. The van der Waals surface area contributed by atoms with Gasteiger partial charge in [-0.2, -0.15) is 5.26 Å². The van der Waals surface area contributed by atoms with Gasteiger partial charge >= 0.3 is 0 Å². The van der Waals surface area contributed by atoms with Crippen molar-refractivity contribution in [1.82, 2.24) is 5.32 Å². The predicted molar refractivity (Wildman–Crippen MR) is 64.9 cm³/mol. The van der Waals surface area contributed by atoms with E-state index in [0.29, 0.717) is 12.1 Å². The number of nitrogens with zero attached hydrogens (tertiary/aromatic N) is 1. The van der Waals surface area contributed by atoms with Gasteiger partial charge in [-0.25, -0.2) is 0 Å². The van der Waals surface area contributed by atoms with Crippen LogP contribution < -0.4 is 5.32 Å². The van der Waals surface area contributed by atoms with Crippen molar-refractivity contribution in [3.05, 3.63) is 48.1 Å². The molecule has 0 atom stereocenters. The molecular weight excluding hydrogens is 216 g/mol. The summed E-state index contributed by atoms with van der Waals surface area (Å²) in [5.74, 6) is -0.377. The summed E-state index contributed by atoms with van der Waals surface area (Å²) < 4.78 is 0. The third-order valence-electron chi connectivity index (χ3n) is 1.95. The van der Waals surface area contributed by atoms with E-state index >= 15 is 0 Å². The van der Waals surface area contributed by atoms with Gasteiger partial charge in [0.15, 0.2) is 0 Å². The number of hydrogen-bond donors (Lipinski definition) is 2. The van der Waals surface area contributed by atoms with Gasteiger partial charge < -0.3 is 10.4 Å². The average Bonchev–Trinajstić information content (AvgIpc) is 2.33. The minimum atomic E-state index is -0.462. The molecule has 0 aliphatic carbocycles. The van der Waals surface area contributed by atoms with E-state index in [0.717, 1.165) is 0 Å². The molecule has 0 aliphatic rings. The molecule has 2 N–H and O–H groups in total. The smallest absolute Gasteiger partial charge is 0.262 e. The summed E-state index contributed by atoms with van der Waals surface area (Å²) in [6, 6.07) is 8.13. The first-order chi connectivity index (χ1) is 8.17. The Morgan fingerprint density at radius 1 is 1.59 bits per heavy atom. The van der Waals surface area contributed by atoms with Crippen molar-refractivity contribution in [2.24, 2.45) is 0 Å². The summed E-state index contributed by atoms with van der Waals surface area (Å²) >= 11 is 0. The van der Waals surface area contributed by atoms with Crippen LogP contribution in [0.15, 0.2) is 42.5 Å². The highest BCUT2D eigenvalue weighted by Gasteiger charge is 2.07. The van der Waals surface area contributed by atoms with Crippen LogP contribution in [-0.4, -0.2) is 17.6 Å². The third kappa shape index (κ3) is 3.84. The Balaban J connectivity index is 2.91. The number of amides is 1. The zero-order chi connectivity index (χ0) is 12.7. The van der Waals surface area contributed by atoms with Gasteiger partial charge in [0.05, 0.1) is 0 Å². The molecule has 1 aromatic carbocycles. The summed E-state index contributed by atoms with van der Waals surface area (Å²) in [4.78, 5) is 11.5. The zero-order valence-corrected chi connectivity index (χ0v) is 9.18. The number of carbonyl (C=O) groups is 1. The number of benzene rings is 1. The standard InChI is InChI=1S/C13H12N2O2/c1-2-6-15-13(17)11(9-14)7-10-4-3-5-12(16)8-10/h2-5,7-8,16H,1,6H2,(H,15,17). The highest BCUT2D eigenvalue weighted by atomic mass is 16.3. The van der Waals surface area contributed by atoms with E-state index in [1.165, 1.54) is 24.3 Å². The van der Waals surface area contributed by atoms with Gasteiger partial charge in [0.25, 0.3) is 5.91 Å². The van der Waals surface area contributed by atoms with Crippen molar-refractivity contribution < 1.29 is 9.90 Å². The molecule has 17 heavy (non-hydrogen) atoms. The van der Waals surface area contributed by atoms with E-state index in [9.17, 15) is 9.90 Å². The maximum absolute atomic E-state index is 11.5. The minimum absolute atomic E-state index is 0.0162. The molecular formula is C13H12N2O2. The van der Waals surface area contributed by atoms with Crippen LogP contribution in [0, 0.1) is 11.3 Å². The number of carbonyl (C=O) groups excluding carboxylic acids is 1. The van der Waals surface area contributed by atoms with Crippen LogP contribution in [0.3, 0.4) is 0 Å². The van der Waals surface area contributed by atoms with Crippen LogP contribution in [0.4, 0.5) is 0 Å². The van der Waals surface area contributed by atoms with E-state index in [2.05, 4.69) is 11.9 Å². The van der Waals surface area contributed by atoms with Gasteiger partial charge in [0.2, 0.25) is 0 Å². The molecule has 0 bridgehead atoms. The van der Waals surface area contributed by atoms with Crippen LogP contribution in [0.1, 0.15) is 5.56 Å². The molecule has 86 valence electrons. The van der Waals surface area contributed by atoms with E-state index in [1.54, 1.807) is 12.1 Å². The molecule has 0 fully saturated rings. The molecule has 0 radical (unpaired) electrons. The predicted octanol–water partition coefficient (Wildman–Crippen LogP) is 1.60. The molecule has 1 rings (SSSR count). The fraction of sp³-hybridized carbons (Fsp3) is 0.0769. The maximum atomic E-state index is 11.5. The molecule has 4 heteroatoms. The summed E-state index contributed by atoms with van der Waals surface area (Å²) in [6.45, 7) is 3.77. The minimum Gasteiger partial charge on any atom is -0.508 e. The van der Waals surface area contributed by atoms with Crippen molar-refractivity contribution >= 4 is 12.0 Å². The normalized spacial score (nSPS) is 10.4. The number of rotatable bonds is 4. The van der Waals surface area contributed by atoms with Crippen LogP contribution in [0.2, 0.25) is 0 Å². The molecule has 0 heterocycles. The average molecular weight is 228 g/mol. The van der Waals surface area contributed by atoms with Crippen LogP contribution in [0.5, 0.6) is 5.75 Å². The second-order valence-corrected chi connectivity index (χ2v) is 3.26. The lowest BCUT2D eigenvalue weighted by atomic mass is 10.1. The lowest BCUT2D eigenvalue weighted by molar-refractivity contribution is -0.116. The second kappa shape index (κ2) is 6.13. The van der Waals surface area contributed by atoms with Crippen molar-refractivity contribution in [1.29, 1.82) is 5.26 Å². The topological polar surface area (TPSA) is 73.1 Å². The summed E-state index contributed by atoms with van der Waals surface area (Å²) in [6.07, 6.45) is 2.94. The van der Waals surface area contributed by atoms with Crippen molar-refractivity contribution in [2.75, 3.05) is 6.54 Å². The van der Waals surface area contributed by atoms with Crippen molar-refractivity contribution in [3.8, 4) is 11.8 Å². The molecule has 0 unspecified atom stereocenters. The van der Waals surface area contributed by atoms with Gasteiger partial charge in [0, 0.05) is 6.54 Å². The zero-order valence-electron chi connectivity index (χ0n) is 9.18. The van der Waals surface area contributed by atoms with Gasteiger partial charge in [0.1, 0.15) is 17.4 Å². The fourth-order valence-electron chi connectivity index (χ4n) is 1.19. The Hall–Kier alpha value is -2.54. The monoisotopic (exact) mass is 228 g/mol. The number of phenols is 1. The van der Waals surface area contributed by atoms with Gasteiger partial charge in [-0.1, -0.05) is 18.2 Å². The molecule has 0 saturated heterocycles. The molecule has 0 spiro atoms. The SMILES string of the molecule is C=CCNC(=O)C(C#N)=Cc1cccc(O)c1. The first kappa shape index (κ1) is 12.5. The second-order valence-electron chi connectivity index (χ2n) is 3.26. The maximum Gasteiger partial charge on any atom is 0.262 e. The molecule has 0 aromatic heterocycles. The van der Waals surface area contributed by atoms with Gasteiger partial charge in [-0.3, -0.25) is 4.79 Å². The molecule has 1 amide bonds. The quantitative estimate of drug-likeness (QED) is 0.467. The molecule has 1 aromatic rings. The number of hydrogen-bond acceptors (Lipinski definition) is 3. The van der Waals surface area contributed by atoms with Crippen molar-refractivity contribution in [2.45, 2.75) is 0 Å². The number of phenolic OH excluding ortho intramolecular Hbond substituents is 1. The third-order valence-corrected chi connectivity index (χ3v) is 1.95.